The van der Waals surface area contributed by atoms with Gasteiger partial charge in [-0.2, -0.15) is 0 Å². The molecule has 0 amide bonds. The Hall–Kier alpha value is -0.580. The van der Waals surface area contributed by atoms with Gasteiger partial charge in [0.05, 0.1) is 4.90 Å². The summed E-state index contributed by atoms with van der Waals surface area (Å²) in [4.78, 5) is 0.105. The maximum atomic E-state index is 10.9. The predicted octanol–water partition coefficient (Wildman–Crippen LogP) is 1.38. The van der Waals surface area contributed by atoms with E-state index in [-0.39, 0.29) is 10.8 Å². The normalized spacial score (nSPS) is 11.6. The summed E-state index contributed by atoms with van der Waals surface area (Å²) in [7, 11) is -3.61. The third-order valence-corrected chi connectivity index (χ3v) is 2.99. The van der Waals surface area contributed by atoms with E-state index in [1.54, 1.807) is 6.07 Å². The third-order valence-electron chi connectivity index (χ3n) is 1.79. The molecule has 1 aromatic carbocycles. The highest BCUT2D eigenvalue weighted by molar-refractivity contribution is 7.89. The van der Waals surface area contributed by atoms with Gasteiger partial charge in [0, 0.05) is 5.88 Å². The monoisotopic (exact) mass is 219 g/mol. The molecular weight excluding hydrogens is 210 g/mol. The first-order valence-corrected chi connectivity index (χ1v) is 5.71. The third kappa shape index (κ3) is 2.43. The lowest BCUT2D eigenvalue weighted by Gasteiger charge is -2.03. The SMILES string of the molecule is Cc1ccc(S(N)(=O)=O)cc1CCl. The minimum absolute atomic E-state index is 0.105. The largest absolute Gasteiger partial charge is 0.238 e. The van der Waals surface area contributed by atoms with Gasteiger partial charge in [0.1, 0.15) is 0 Å². The number of sulfonamides is 1. The summed E-state index contributed by atoms with van der Waals surface area (Å²) in [5.74, 6) is 0.287. The zero-order chi connectivity index (χ0) is 10.1. The fourth-order valence-electron chi connectivity index (χ4n) is 0.969. The molecule has 0 fully saturated rings. The molecule has 0 spiro atoms. The second kappa shape index (κ2) is 3.65. The molecule has 0 aliphatic rings. The number of primary sulfonamides is 1. The molecule has 1 rings (SSSR count). The molecule has 3 nitrogen and oxygen atoms in total. The number of hydrogen-bond donors (Lipinski definition) is 1. The summed E-state index contributed by atoms with van der Waals surface area (Å²) in [5, 5.41) is 4.96. The molecule has 5 heteroatoms. The number of benzene rings is 1. The second-order valence-corrected chi connectivity index (χ2v) is 4.60. The number of alkyl halides is 1. The van der Waals surface area contributed by atoms with Crippen LogP contribution in [0.2, 0.25) is 0 Å². The van der Waals surface area contributed by atoms with Crippen molar-refractivity contribution in [1.82, 2.24) is 0 Å². The highest BCUT2D eigenvalue weighted by Crippen LogP contribution is 2.15. The second-order valence-electron chi connectivity index (χ2n) is 2.77. The zero-order valence-corrected chi connectivity index (χ0v) is 8.69. The number of aryl methyl sites for hydroxylation is 1. The van der Waals surface area contributed by atoms with Gasteiger partial charge < -0.3 is 0 Å². The Morgan fingerprint density at radius 2 is 2.08 bits per heavy atom. The summed E-state index contributed by atoms with van der Waals surface area (Å²) in [6, 6.07) is 4.66. The fraction of sp³-hybridized carbons (Fsp3) is 0.250. The molecule has 0 radical (unpaired) electrons. The molecule has 13 heavy (non-hydrogen) atoms. The van der Waals surface area contributed by atoms with Gasteiger partial charge in [-0.3, -0.25) is 0 Å². The lowest BCUT2D eigenvalue weighted by molar-refractivity contribution is 0.597. The van der Waals surface area contributed by atoms with Gasteiger partial charge in [0.15, 0.2) is 0 Å². The van der Waals surface area contributed by atoms with Crippen molar-refractivity contribution in [1.29, 1.82) is 0 Å². The van der Waals surface area contributed by atoms with E-state index >= 15 is 0 Å². The Morgan fingerprint density at radius 1 is 1.46 bits per heavy atom. The molecule has 0 aliphatic carbocycles. The lowest BCUT2D eigenvalue weighted by atomic mass is 10.1. The molecule has 1 aromatic rings. The van der Waals surface area contributed by atoms with Crippen molar-refractivity contribution in [3.63, 3.8) is 0 Å². The van der Waals surface area contributed by atoms with Crippen LogP contribution in [0.15, 0.2) is 23.1 Å². The summed E-state index contributed by atoms with van der Waals surface area (Å²) in [6.45, 7) is 1.87. The molecule has 0 bridgehead atoms. The first kappa shape index (κ1) is 10.5. The molecule has 0 aliphatic heterocycles. The lowest BCUT2D eigenvalue weighted by Crippen LogP contribution is -2.12. The van der Waals surface area contributed by atoms with Gasteiger partial charge in [0.25, 0.3) is 0 Å². The molecule has 0 heterocycles. The van der Waals surface area contributed by atoms with Gasteiger partial charge in [-0.05, 0) is 30.2 Å². The van der Waals surface area contributed by atoms with Crippen molar-refractivity contribution < 1.29 is 8.42 Å². The Kier molecular flexibility index (Phi) is 2.95. The quantitative estimate of drug-likeness (QED) is 0.764. The van der Waals surface area contributed by atoms with Gasteiger partial charge >= 0.3 is 0 Å². The fourth-order valence-corrected chi connectivity index (χ4v) is 1.82. The Bertz CT molecular complexity index is 414. The average molecular weight is 220 g/mol. The van der Waals surface area contributed by atoms with E-state index in [1.165, 1.54) is 12.1 Å². The van der Waals surface area contributed by atoms with Crippen LogP contribution in [0.5, 0.6) is 0 Å². The van der Waals surface area contributed by atoms with Crippen LogP contribution in [-0.4, -0.2) is 8.42 Å². The highest BCUT2D eigenvalue weighted by atomic mass is 35.5. The molecule has 72 valence electrons. The predicted molar refractivity (Wildman–Crippen MR) is 52.1 cm³/mol. The van der Waals surface area contributed by atoms with E-state index in [4.69, 9.17) is 16.7 Å². The van der Waals surface area contributed by atoms with Gasteiger partial charge in [-0.1, -0.05) is 6.07 Å². The van der Waals surface area contributed by atoms with Crippen LogP contribution in [0, 0.1) is 6.92 Å². The maximum Gasteiger partial charge on any atom is 0.238 e. The minimum atomic E-state index is -3.61. The van der Waals surface area contributed by atoms with Gasteiger partial charge in [-0.15, -0.1) is 11.6 Å². The van der Waals surface area contributed by atoms with Gasteiger partial charge in [-0.25, -0.2) is 13.6 Å². The van der Waals surface area contributed by atoms with Crippen LogP contribution < -0.4 is 5.14 Å². The molecule has 0 unspecified atom stereocenters. The van der Waals surface area contributed by atoms with Crippen molar-refractivity contribution in [2.75, 3.05) is 0 Å². The highest BCUT2D eigenvalue weighted by Gasteiger charge is 2.08. The van der Waals surface area contributed by atoms with Crippen molar-refractivity contribution >= 4 is 21.6 Å². The van der Waals surface area contributed by atoms with E-state index in [0.717, 1.165) is 11.1 Å². The summed E-state index contributed by atoms with van der Waals surface area (Å²) in [6.07, 6.45) is 0. The molecule has 0 aromatic heterocycles. The molecule has 0 saturated heterocycles. The van der Waals surface area contributed by atoms with Crippen LogP contribution in [0.25, 0.3) is 0 Å². The van der Waals surface area contributed by atoms with Crippen LogP contribution >= 0.6 is 11.6 Å². The van der Waals surface area contributed by atoms with Crippen molar-refractivity contribution in [2.24, 2.45) is 5.14 Å². The van der Waals surface area contributed by atoms with Crippen LogP contribution in [0.1, 0.15) is 11.1 Å². The van der Waals surface area contributed by atoms with E-state index in [9.17, 15) is 8.42 Å². The number of rotatable bonds is 2. The number of halogens is 1. The summed E-state index contributed by atoms with van der Waals surface area (Å²) in [5.41, 5.74) is 1.75. The smallest absolute Gasteiger partial charge is 0.225 e. The Labute approximate surface area is 82.6 Å². The van der Waals surface area contributed by atoms with Crippen molar-refractivity contribution in [3.05, 3.63) is 29.3 Å². The van der Waals surface area contributed by atoms with Crippen LogP contribution in [0.3, 0.4) is 0 Å². The number of nitrogens with two attached hydrogens (primary N) is 1. The number of hydrogen-bond acceptors (Lipinski definition) is 2. The van der Waals surface area contributed by atoms with E-state index < -0.39 is 10.0 Å². The van der Waals surface area contributed by atoms with E-state index in [2.05, 4.69) is 0 Å². The molecule has 0 atom stereocenters. The van der Waals surface area contributed by atoms with Gasteiger partial charge in [0.2, 0.25) is 10.0 Å². The molecular formula is C8H10ClNO2S. The minimum Gasteiger partial charge on any atom is -0.225 e. The maximum absolute atomic E-state index is 10.9. The van der Waals surface area contributed by atoms with Crippen molar-refractivity contribution in [2.45, 2.75) is 17.7 Å². The van der Waals surface area contributed by atoms with Crippen LogP contribution in [0.4, 0.5) is 0 Å². The standard InChI is InChI=1S/C8H10ClNO2S/c1-6-2-3-8(13(10,11)12)4-7(6)5-9/h2-4H,5H2,1H3,(H2,10,11,12). The summed E-state index contributed by atoms with van der Waals surface area (Å²) < 4.78 is 21.9. The Balaban J connectivity index is 3.30. The topological polar surface area (TPSA) is 60.2 Å². The van der Waals surface area contributed by atoms with Crippen LogP contribution in [-0.2, 0) is 15.9 Å². The van der Waals surface area contributed by atoms with E-state index in [1.807, 2.05) is 6.92 Å². The first-order valence-electron chi connectivity index (χ1n) is 3.63. The zero-order valence-electron chi connectivity index (χ0n) is 7.12. The molecule has 2 N–H and O–H groups in total. The Morgan fingerprint density at radius 3 is 2.54 bits per heavy atom. The summed E-state index contributed by atoms with van der Waals surface area (Å²) >= 11 is 5.62. The average Bonchev–Trinajstić information content (AvgIpc) is 2.03. The molecule has 0 saturated carbocycles. The van der Waals surface area contributed by atoms with E-state index in [0.29, 0.717) is 0 Å². The first-order chi connectivity index (χ1) is 5.95. The van der Waals surface area contributed by atoms with Crippen molar-refractivity contribution in [3.8, 4) is 0 Å².